The average molecular weight is 458 g/mol. The van der Waals surface area contributed by atoms with Gasteiger partial charge in [-0.1, -0.05) is 6.92 Å². The average Bonchev–Trinajstić information content (AvgIpc) is 3.42. The van der Waals surface area contributed by atoms with E-state index < -0.39 is 6.09 Å². The molecular weight excluding hydrogens is 430 g/mol. The minimum Gasteiger partial charge on any atom is -0.465 e. The van der Waals surface area contributed by atoms with Crippen molar-refractivity contribution in [2.75, 3.05) is 25.5 Å². The van der Waals surface area contributed by atoms with Crippen molar-refractivity contribution in [1.82, 2.24) is 29.4 Å². The minimum atomic E-state index is -0.947. The van der Waals surface area contributed by atoms with Gasteiger partial charge in [0.1, 0.15) is 16.3 Å². The molecule has 0 unspecified atom stereocenters. The third-order valence-electron chi connectivity index (χ3n) is 5.93. The number of hydrogen-bond donors (Lipinski definition) is 2. The number of nitrogens with zero attached hydrogens (tertiary/aromatic N) is 6. The van der Waals surface area contributed by atoms with E-state index in [9.17, 15) is 14.7 Å². The molecule has 1 aliphatic heterocycles. The van der Waals surface area contributed by atoms with Gasteiger partial charge in [0.2, 0.25) is 0 Å². The topological polar surface area (TPSA) is 116 Å². The predicted molar refractivity (Wildman–Crippen MR) is 122 cm³/mol. The summed E-state index contributed by atoms with van der Waals surface area (Å²) >= 11 is 1.54. The van der Waals surface area contributed by atoms with E-state index in [0.29, 0.717) is 43.3 Å². The van der Waals surface area contributed by atoms with Crippen LogP contribution in [0, 0.1) is 0 Å². The van der Waals surface area contributed by atoms with Crippen LogP contribution in [0.1, 0.15) is 43.6 Å². The zero-order valence-electron chi connectivity index (χ0n) is 18.4. The van der Waals surface area contributed by atoms with E-state index in [1.54, 1.807) is 28.7 Å². The van der Waals surface area contributed by atoms with Crippen molar-refractivity contribution >= 4 is 34.0 Å². The van der Waals surface area contributed by atoms with Crippen LogP contribution in [0.3, 0.4) is 0 Å². The third-order valence-corrected chi connectivity index (χ3v) is 6.81. The lowest BCUT2D eigenvalue weighted by Crippen LogP contribution is -2.47. The number of piperidine rings is 1. The van der Waals surface area contributed by atoms with E-state index in [4.69, 9.17) is 0 Å². The number of anilines is 1. The highest BCUT2D eigenvalue weighted by atomic mass is 32.1. The summed E-state index contributed by atoms with van der Waals surface area (Å²) in [6.45, 7) is 5.11. The predicted octanol–water partition coefficient (Wildman–Crippen LogP) is 3.28. The van der Waals surface area contributed by atoms with E-state index in [1.165, 1.54) is 16.2 Å². The molecule has 1 saturated heterocycles. The maximum Gasteiger partial charge on any atom is 0.407 e. The molecular formula is C21H27N7O3S. The monoisotopic (exact) mass is 457 g/mol. The number of nitrogens with one attached hydrogen (secondary N) is 1. The smallest absolute Gasteiger partial charge is 0.407 e. The van der Waals surface area contributed by atoms with Gasteiger partial charge in [-0.2, -0.15) is 5.10 Å². The lowest BCUT2D eigenvalue weighted by atomic mass is 10.0. The standard InChI is InChI=1S/C21H27N7O3S/c1-4-13(2)23-17-11-16(19(29)27-7-5-14(6-8-27)26(3)21(30)31)24-18(25-17)15-12-22-28-9-10-32-20(15)28/h9-14H,4-8H2,1-3H3,(H,30,31)(H,23,24,25)/t13-/m0/s1. The highest BCUT2D eigenvalue weighted by molar-refractivity contribution is 7.16. The van der Waals surface area contributed by atoms with Gasteiger partial charge in [-0.25, -0.2) is 19.3 Å². The first kappa shape index (κ1) is 22.0. The van der Waals surface area contributed by atoms with Crippen LogP contribution in [0.2, 0.25) is 0 Å². The van der Waals surface area contributed by atoms with Gasteiger partial charge in [-0.15, -0.1) is 11.3 Å². The Hall–Kier alpha value is -3.21. The summed E-state index contributed by atoms with van der Waals surface area (Å²) in [7, 11) is 1.57. The van der Waals surface area contributed by atoms with E-state index in [1.807, 2.05) is 11.6 Å². The van der Waals surface area contributed by atoms with Crippen LogP contribution in [0.5, 0.6) is 0 Å². The minimum absolute atomic E-state index is 0.0836. The van der Waals surface area contributed by atoms with Crippen LogP contribution in [0.25, 0.3) is 16.2 Å². The molecule has 1 aliphatic rings. The Morgan fingerprint density at radius 3 is 2.78 bits per heavy atom. The van der Waals surface area contributed by atoms with Crippen LogP contribution >= 0.6 is 11.3 Å². The number of carbonyl (C=O) groups excluding carboxylic acids is 1. The Kier molecular flexibility index (Phi) is 6.26. The molecule has 3 aromatic rings. The molecule has 32 heavy (non-hydrogen) atoms. The van der Waals surface area contributed by atoms with Gasteiger partial charge in [0, 0.05) is 49.9 Å². The number of aromatic nitrogens is 4. The van der Waals surface area contributed by atoms with Crippen LogP contribution < -0.4 is 5.32 Å². The fourth-order valence-corrected chi connectivity index (χ4v) is 4.55. The molecule has 0 saturated carbocycles. The van der Waals surface area contributed by atoms with Crippen LogP contribution in [-0.4, -0.2) is 78.7 Å². The van der Waals surface area contributed by atoms with E-state index in [-0.39, 0.29) is 18.0 Å². The molecule has 10 nitrogen and oxygen atoms in total. The van der Waals surface area contributed by atoms with Crippen LogP contribution in [-0.2, 0) is 0 Å². The highest BCUT2D eigenvalue weighted by Crippen LogP contribution is 2.27. The summed E-state index contributed by atoms with van der Waals surface area (Å²) in [6, 6.07) is 1.80. The molecule has 2 amide bonds. The quantitative estimate of drug-likeness (QED) is 0.583. The Morgan fingerprint density at radius 2 is 2.09 bits per heavy atom. The second-order valence-corrected chi connectivity index (χ2v) is 8.94. The highest BCUT2D eigenvalue weighted by Gasteiger charge is 2.29. The Morgan fingerprint density at radius 1 is 1.34 bits per heavy atom. The van der Waals surface area contributed by atoms with Gasteiger partial charge in [-0.05, 0) is 26.2 Å². The molecule has 1 fully saturated rings. The van der Waals surface area contributed by atoms with Crippen molar-refractivity contribution in [3.8, 4) is 11.4 Å². The van der Waals surface area contributed by atoms with Gasteiger partial charge < -0.3 is 20.2 Å². The maximum absolute atomic E-state index is 13.3. The molecule has 170 valence electrons. The Balaban J connectivity index is 1.61. The number of amides is 2. The first-order valence-electron chi connectivity index (χ1n) is 10.7. The first-order chi connectivity index (χ1) is 15.4. The van der Waals surface area contributed by atoms with Gasteiger partial charge in [0.25, 0.3) is 5.91 Å². The lowest BCUT2D eigenvalue weighted by molar-refractivity contribution is 0.0638. The zero-order chi connectivity index (χ0) is 22.8. The lowest BCUT2D eigenvalue weighted by Gasteiger charge is -2.35. The molecule has 4 heterocycles. The Labute approximate surface area is 189 Å². The van der Waals surface area contributed by atoms with E-state index in [0.717, 1.165) is 16.8 Å². The SMILES string of the molecule is CC[C@H](C)Nc1cc(C(=O)N2CCC(N(C)C(=O)O)CC2)nc(-c2cnn3ccsc23)n1. The molecule has 11 heteroatoms. The summed E-state index contributed by atoms with van der Waals surface area (Å²) in [5.74, 6) is 0.885. The van der Waals surface area contributed by atoms with Crippen molar-refractivity contribution in [3.05, 3.63) is 29.5 Å². The normalized spacial score (nSPS) is 15.7. The number of thiazole rings is 1. The molecule has 1 atom stereocenters. The fraction of sp³-hybridized carbons (Fsp3) is 0.476. The molecule has 4 rings (SSSR count). The van der Waals surface area contributed by atoms with Gasteiger partial charge in [-0.3, -0.25) is 4.79 Å². The van der Waals surface area contributed by atoms with Crippen molar-refractivity contribution < 1.29 is 14.7 Å². The molecule has 0 spiro atoms. The molecule has 0 aromatic carbocycles. The van der Waals surface area contributed by atoms with Crippen molar-refractivity contribution in [2.45, 2.75) is 45.2 Å². The molecule has 0 aliphatic carbocycles. The maximum atomic E-state index is 13.3. The van der Waals surface area contributed by atoms with E-state index in [2.05, 4.69) is 34.2 Å². The summed E-state index contributed by atoms with van der Waals surface area (Å²) in [6.07, 6.45) is 4.76. The van der Waals surface area contributed by atoms with Gasteiger partial charge >= 0.3 is 6.09 Å². The molecule has 0 bridgehead atoms. The summed E-state index contributed by atoms with van der Waals surface area (Å²) in [4.78, 5) is 37.8. The fourth-order valence-electron chi connectivity index (χ4n) is 3.76. The number of likely N-dealkylation sites (tertiary alicyclic amines) is 1. The van der Waals surface area contributed by atoms with Gasteiger partial charge in [0.05, 0.1) is 11.8 Å². The van der Waals surface area contributed by atoms with E-state index >= 15 is 0 Å². The van der Waals surface area contributed by atoms with Crippen LogP contribution in [0.4, 0.5) is 10.6 Å². The number of rotatable bonds is 6. The summed E-state index contributed by atoms with van der Waals surface area (Å²) in [5.41, 5.74) is 1.10. The number of carboxylic acid groups (broad SMARTS) is 1. The summed E-state index contributed by atoms with van der Waals surface area (Å²) in [5, 5.41) is 18.8. The number of hydrogen-bond acceptors (Lipinski definition) is 7. The largest absolute Gasteiger partial charge is 0.465 e. The van der Waals surface area contributed by atoms with Gasteiger partial charge in [0.15, 0.2) is 5.82 Å². The second-order valence-electron chi connectivity index (χ2n) is 8.04. The molecule has 0 radical (unpaired) electrons. The summed E-state index contributed by atoms with van der Waals surface area (Å²) < 4.78 is 1.77. The first-order valence-corrected chi connectivity index (χ1v) is 11.6. The third kappa shape index (κ3) is 4.38. The van der Waals surface area contributed by atoms with Crippen molar-refractivity contribution in [2.24, 2.45) is 0 Å². The number of carbonyl (C=O) groups is 2. The van der Waals surface area contributed by atoms with Crippen LogP contribution in [0.15, 0.2) is 23.8 Å². The Bertz CT molecular complexity index is 1120. The number of fused-ring (bicyclic) bond motifs is 1. The van der Waals surface area contributed by atoms with Crippen molar-refractivity contribution in [3.63, 3.8) is 0 Å². The van der Waals surface area contributed by atoms with Crippen molar-refractivity contribution in [1.29, 1.82) is 0 Å². The second kappa shape index (κ2) is 9.11. The molecule has 3 aromatic heterocycles. The molecule has 2 N–H and O–H groups in total. The zero-order valence-corrected chi connectivity index (χ0v) is 19.2.